The largest absolute Gasteiger partial charge is 1.00 e. The van der Waals surface area contributed by atoms with Crippen molar-refractivity contribution in [2.24, 2.45) is 5.41 Å². The number of ether oxygens (including phenoxy) is 1. The van der Waals surface area contributed by atoms with Gasteiger partial charge in [0.25, 0.3) is 0 Å². The third-order valence-corrected chi connectivity index (χ3v) is 8.26. The smallest absolute Gasteiger partial charge is 0.121 e. The number of piperidine rings is 3. The summed E-state index contributed by atoms with van der Waals surface area (Å²) >= 11 is 5.99. The number of rotatable bonds is 8. The van der Waals surface area contributed by atoms with Crippen LogP contribution < -0.4 is 21.9 Å². The Labute approximate surface area is 218 Å². The Kier molecular flexibility index (Phi) is 8.16. The number of fused-ring (bicyclic) bond motifs is 3. The predicted octanol–water partition coefficient (Wildman–Crippen LogP) is 1.62. The number of aliphatic hydroxyl groups is 1. The fraction of sp³-hybridized carbons (Fsp3) is 0.379. The van der Waals surface area contributed by atoms with Gasteiger partial charge in [0.1, 0.15) is 5.60 Å². The number of benzene rings is 3. The Morgan fingerprint density at radius 1 is 0.882 bits per heavy atom. The van der Waals surface area contributed by atoms with Gasteiger partial charge in [0.2, 0.25) is 0 Å². The van der Waals surface area contributed by atoms with E-state index in [0.717, 1.165) is 67.1 Å². The van der Waals surface area contributed by atoms with Gasteiger partial charge in [0.05, 0.1) is 32.3 Å². The monoisotopic (exact) mass is 541 g/mol. The Morgan fingerprint density at radius 2 is 1.44 bits per heavy atom. The molecule has 2 N–H and O–H groups in total. The molecule has 0 spiro atoms. The van der Waals surface area contributed by atoms with Gasteiger partial charge < -0.3 is 31.7 Å². The topological polar surface area (TPSA) is 33.9 Å². The molecular formula is C29H33BrClNO2. The van der Waals surface area contributed by atoms with E-state index in [1.807, 2.05) is 60.7 Å². The van der Waals surface area contributed by atoms with Crippen LogP contribution in [0.25, 0.3) is 0 Å². The highest BCUT2D eigenvalue weighted by Gasteiger charge is 2.59. The fourth-order valence-corrected chi connectivity index (χ4v) is 6.35. The van der Waals surface area contributed by atoms with Crippen LogP contribution in [0.2, 0.25) is 5.02 Å². The van der Waals surface area contributed by atoms with Crippen LogP contribution in [-0.2, 0) is 16.9 Å². The molecule has 6 rings (SSSR count). The number of hydrogen-bond donors (Lipinski definition) is 2. The standard InChI is InChI=1S/C29H32ClNO2.BrH/c30-26-13-11-23(12-14-26)22-33-20-15-27-21-28(16-18-31(27)19-17-28)29(32,24-7-3-1-4-8-24)25-9-5-2-6-10-25;/h1-14,27,32H,15-22H2;1H. The van der Waals surface area contributed by atoms with Crippen LogP contribution in [0.15, 0.2) is 84.9 Å². The number of halogens is 2. The Hall–Kier alpha value is -1.69. The number of quaternary nitrogens is 1. The third-order valence-electron chi connectivity index (χ3n) is 8.01. The summed E-state index contributed by atoms with van der Waals surface area (Å²) in [6, 6.07) is 29.0. The zero-order valence-electron chi connectivity index (χ0n) is 19.4. The van der Waals surface area contributed by atoms with Gasteiger partial charge in [-0.15, -0.1) is 0 Å². The van der Waals surface area contributed by atoms with Crippen LogP contribution in [0.5, 0.6) is 0 Å². The molecule has 3 aromatic carbocycles. The van der Waals surface area contributed by atoms with Crippen LogP contribution in [0.3, 0.4) is 0 Å². The van der Waals surface area contributed by atoms with E-state index >= 15 is 0 Å². The van der Waals surface area contributed by atoms with Crippen molar-refractivity contribution in [2.45, 2.75) is 43.9 Å². The van der Waals surface area contributed by atoms with Gasteiger partial charge in [-0.1, -0.05) is 84.4 Å². The van der Waals surface area contributed by atoms with Crippen LogP contribution in [0.4, 0.5) is 0 Å². The Morgan fingerprint density at radius 3 is 2.00 bits per heavy atom. The quantitative estimate of drug-likeness (QED) is 0.424. The molecule has 3 aromatic rings. The van der Waals surface area contributed by atoms with E-state index < -0.39 is 5.60 Å². The first-order chi connectivity index (χ1) is 16.1. The maximum Gasteiger partial charge on any atom is 0.121 e. The van der Waals surface area contributed by atoms with Crippen molar-refractivity contribution in [2.75, 3.05) is 19.7 Å². The lowest BCUT2D eigenvalue weighted by Crippen LogP contribution is -3.19. The lowest BCUT2D eigenvalue weighted by Gasteiger charge is -2.57. The van der Waals surface area contributed by atoms with Crippen LogP contribution >= 0.6 is 11.6 Å². The van der Waals surface area contributed by atoms with Crippen molar-refractivity contribution in [1.82, 2.24) is 0 Å². The highest BCUT2D eigenvalue weighted by Crippen LogP contribution is 2.54. The summed E-state index contributed by atoms with van der Waals surface area (Å²) < 4.78 is 6.04. The highest BCUT2D eigenvalue weighted by atomic mass is 79.9. The summed E-state index contributed by atoms with van der Waals surface area (Å²) in [6.45, 7) is 3.58. The highest BCUT2D eigenvalue weighted by molar-refractivity contribution is 6.30. The van der Waals surface area contributed by atoms with Crippen LogP contribution in [0.1, 0.15) is 42.4 Å². The minimum absolute atomic E-state index is 0. The van der Waals surface area contributed by atoms with E-state index in [1.54, 1.807) is 4.90 Å². The molecule has 0 radical (unpaired) electrons. The molecule has 5 heteroatoms. The first kappa shape index (κ1) is 25.4. The van der Waals surface area contributed by atoms with Gasteiger partial charge in [-0.2, -0.15) is 0 Å². The van der Waals surface area contributed by atoms with E-state index in [9.17, 15) is 5.11 Å². The van der Waals surface area contributed by atoms with Gasteiger partial charge in [-0.25, -0.2) is 0 Å². The van der Waals surface area contributed by atoms with E-state index in [4.69, 9.17) is 16.3 Å². The molecule has 0 aliphatic carbocycles. The van der Waals surface area contributed by atoms with Gasteiger partial charge in [0, 0.05) is 36.1 Å². The summed E-state index contributed by atoms with van der Waals surface area (Å²) in [4.78, 5) is 1.68. The van der Waals surface area contributed by atoms with Gasteiger partial charge >= 0.3 is 0 Å². The van der Waals surface area contributed by atoms with Gasteiger partial charge in [-0.05, 0) is 28.8 Å². The molecule has 3 fully saturated rings. The second kappa shape index (κ2) is 10.9. The average Bonchev–Trinajstić information content (AvgIpc) is 2.89. The SMILES string of the molecule is OC(c1ccccc1)(c1ccccc1)C12CC[NH+](CC1)C(CCOCc1ccc(Cl)cc1)C2.[Br-]. The molecule has 3 heterocycles. The molecular weight excluding hydrogens is 510 g/mol. The molecule has 3 nitrogen and oxygen atoms in total. The molecule has 1 unspecified atom stereocenters. The molecule has 0 aromatic heterocycles. The van der Waals surface area contributed by atoms with E-state index in [2.05, 4.69) is 24.3 Å². The summed E-state index contributed by atoms with van der Waals surface area (Å²) in [5.41, 5.74) is 2.04. The molecule has 2 bridgehead atoms. The lowest BCUT2D eigenvalue weighted by molar-refractivity contribution is -0.946. The number of hydrogen-bond acceptors (Lipinski definition) is 2. The molecule has 180 valence electrons. The first-order valence-electron chi connectivity index (χ1n) is 12.1. The van der Waals surface area contributed by atoms with E-state index in [0.29, 0.717) is 12.6 Å². The summed E-state index contributed by atoms with van der Waals surface area (Å²) in [5.74, 6) is 0. The third kappa shape index (κ3) is 4.84. The molecule has 1 atom stereocenters. The fourth-order valence-electron chi connectivity index (χ4n) is 6.23. The predicted molar refractivity (Wildman–Crippen MR) is 132 cm³/mol. The first-order valence-corrected chi connectivity index (χ1v) is 12.5. The zero-order valence-corrected chi connectivity index (χ0v) is 21.8. The van der Waals surface area contributed by atoms with E-state index in [-0.39, 0.29) is 22.4 Å². The minimum atomic E-state index is -0.982. The van der Waals surface area contributed by atoms with Crippen molar-refractivity contribution in [3.05, 3.63) is 107 Å². The molecule has 0 saturated carbocycles. The van der Waals surface area contributed by atoms with Crippen molar-refractivity contribution >= 4 is 11.6 Å². The minimum Gasteiger partial charge on any atom is -1.00 e. The normalized spacial score (nSPS) is 23.9. The van der Waals surface area contributed by atoms with Crippen molar-refractivity contribution < 1.29 is 31.7 Å². The lowest BCUT2D eigenvalue weighted by atomic mass is 9.55. The Balaban J connectivity index is 0.00000274. The Bertz CT molecular complexity index is 997. The van der Waals surface area contributed by atoms with Crippen molar-refractivity contribution in [3.8, 4) is 0 Å². The van der Waals surface area contributed by atoms with Gasteiger partial charge in [0.15, 0.2) is 0 Å². The summed E-state index contributed by atoms with van der Waals surface area (Å²) in [7, 11) is 0. The maximum atomic E-state index is 12.6. The molecule has 3 aliphatic rings. The second-order valence-corrected chi connectivity index (χ2v) is 10.2. The molecule has 34 heavy (non-hydrogen) atoms. The van der Waals surface area contributed by atoms with Crippen molar-refractivity contribution in [3.63, 3.8) is 0 Å². The van der Waals surface area contributed by atoms with E-state index in [1.165, 1.54) is 0 Å². The van der Waals surface area contributed by atoms with Crippen molar-refractivity contribution in [1.29, 1.82) is 0 Å². The van der Waals surface area contributed by atoms with Crippen LogP contribution in [0, 0.1) is 5.41 Å². The number of nitrogens with one attached hydrogen (secondary N) is 1. The average molecular weight is 543 g/mol. The maximum absolute atomic E-state index is 12.6. The molecule has 0 amide bonds. The summed E-state index contributed by atoms with van der Waals surface area (Å²) in [6.07, 6.45) is 4.13. The van der Waals surface area contributed by atoms with Gasteiger partial charge in [-0.3, -0.25) is 0 Å². The molecule has 3 saturated heterocycles. The summed E-state index contributed by atoms with van der Waals surface area (Å²) in [5, 5.41) is 13.3. The van der Waals surface area contributed by atoms with Crippen LogP contribution in [-0.4, -0.2) is 30.8 Å². The second-order valence-electron chi connectivity index (χ2n) is 9.75. The zero-order chi connectivity index (χ0) is 22.7. The molecule has 3 aliphatic heterocycles.